The van der Waals surface area contributed by atoms with Crippen molar-refractivity contribution >= 4 is 0 Å². The van der Waals surface area contributed by atoms with E-state index in [9.17, 15) is 13.2 Å². The van der Waals surface area contributed by atoms with Crippen LogP contribution in [0.4, 0.5) is 13.2 Å². The Morgan fingerprint density at radius 3 is 2.67 bits per heavy atom. The third-order valence-corrected chi connectivity index (χ3v) is 1.88. The lowest BCUT2D eigenvalue weighted by Gasteiger charge is -2.09. The molecule has 0 amide bonds. The molecular weight excluding hydrogens is 207 g/mol. The number of hydrogen-bond acceptors (Lipinski definition) is 2. The SMILES string of the molecule is FC(F)(F)c1cccnc1-c1cn[nH]c1. The fraction of sp³-hybridized carbons (Fsp3) is 0.111. The summed E-state index contributed by atoms with van der Waals surface area (Å²) >= 11 is 0. The predicted molar refractivity (Wildman–Crippen MR) is 46.8 cm³/mol. The molecule has 0 fully saturated rings. The minimum atomic E-state index is -4.40. The summed E-state index contributed by atoms with van der Waals surface area (Å²) in [4.78, 5) is 3.71. The summed E-state index contributed by atoms with van der Waals surface area (Å²) in [6.07, 6.45) is -0.409. The standard InChI is InChI=1S/C9H6F3N3/c10-9(11,12)7-2-1-3-13-8(7)6-4-14-15-5-6/h1-5H,(H,14,15). The van der Waals surface area contributed by atoms with E-state index in [1.807, 2.05) is 0 Å². The second-order valence-corrected chi connectivity index (χ2v) is 2.88. The number of halogens is 3. The average molecular weight is 213 g/mol. The third kappa shape index (κ3) is 1.83. The summed E-state index contributed by atoms with van der Waals surface area (Å²) in [5.74, 6) is 0. The molecule has 0 saturated carbocycles. The summed E-state index contributed by atoms with van der Waals surface area (Å²) in [6, 6.07) is 2.25. The molecule has 6 heteroatoms. The van der Waals surface area contributed by atoms with E-state index in [1.165, 1.54) is 24.7 Å². The van der Waals surface area contributed by atoms with Gasteiger partial charge in [0, 0.05) is 18.0 Å². The highest BCUT2D eigenvalue weighted by Crippen LogP contribution is 2.35. The van der Waals surface area contributed by atoms with E-state index in [0.717, 1.165) is 6.07 Å². The summed E-state index contributed by atoms with van der Waals surface area (Å²) in [5.41, 5.74) is -0.548. The highest BCUT2D eigenvalue weighted by Gasteiger charge is 2.34. The normalized spacial score (nSPS) is 11.7. The summed E-state index contributed by atoms with van der Waals surface area (Å²) in [5, 5.41) is 6.04. The molecule has 0 spiro atoms. The average Bonchev–Trinajstić information content (AvgIpc) is 2.69. The molecule has 0 radical (unpaired) electrons. The molecule has 2 aromatic rings. The number of pyridine rings is 1. The molecule has 3 nitrogen and oxygen atoms in total. The lowest BCUT2D eigenvalue weighted by molar-refractivity contribution is -0.137. The summed E-state index contributed by atoms with van der Waals surface area (Å²) in [6.45, 7) is 0. The van der Waals surface area contributed by atoms with Gasteiger partial charge in [-0.25, -0.2) is 0 Å². The van der Waals surface area contributed by atoms with E-state index in [-0.39, 0.29) is 5.69 Å². The van der Waals surface area contributed by atoms with E-state index in [2.05, 4.69) is 15.2 Å². The van der Waals surface area contributed by atoms with Gasteiger partial charge in [0.2, 0.25) is 0 Å². The van der Waals surface area contributed by atoms with Crippen LogP contribution in [0.3, 0.4) is 0 Å². The van der Waals surface area contributed by atoms with Gasteiger partial charge in [0.25, 0.3) is 0 Å². The van der Waals surface area contributed by atoms with Crippen LogP contribution in [0.25, 0.3) is 11.3 Å². The van der Waals surface area contributed by atoms with Gasteiger partial charge in [-0.2, -0.15) is 18.3 Å². The maximum atomic E-state index is 12.6. The quantitative estimate of drug-likeness (QED) is 0.790. The van der Waals surface area contributed by atoms with Crippen LogP contribution in [0.2, 0.25) is 0 Å². The van der Waals surface area contributed by atoms with Crippen LogP contribution in [0, 0.1) is 0 Å². The van der Waals surface area contributed by atoms with Crippen LogP contribution < -0.4 is 0 Å². The van der Waals surface area contributed by atoms with E-state index >= 15 is 0 Å². The number of rotatable bonds is 1. The van der Waals surface area contributed by atoms with Gasteiger partial charge in [-0.3, -0.25) is 10.1 Å². The zero-order valence-electron chi connectivity index (χ0n) is 7.42. The number of aromatic amines is 1. The Balaban J connectivity index is 2.58. The zero-order valence-corrected chi connectivity index (χ0v) is 7.42. The van der Waals surface area contributed by atoms with Crippen molar-refractivity contribution in [1.29, 1.82) is 0 Å². The molecule has 0 aliphatic carbocycles. The highest BCUT2D eigenvalue weighted by atomic mass is 19.4. The second kappa shape index (κ2) is 3.38. The summed E-state index contributed by atoms with van der Waals surface area (Å²) in [7, 11) is 0. The maximum Gasteiger partial charge on any atom is 0.418 e. The molecule has 2 rings (SSSR count). The van der Waals surface area contributed by atoms with Crippen molar-refractivity contribution in [3.8, 4) is 11.3 Å². The van der Waals surface area contributed by atoms with Gasteiger partial charge < -0.3 is 0 Å². The first-order chi connectivity index (χ1) is 7.09. The Labute approximate surface area is 83.0 Å². The first-order valence-electron chi connectivity index (χ1n) is 4.10. The smallest absolute Gasteiger partial charge is 0.285 e. The first kappa shape index (κ1) is 9.70. The Bertz CT molecular complexity index is 448. The van der Waals surface area contributed by atoms with Crippen molar-refractivity contribution in [2.45, 2.75) is 6.18 Å². The Kier molecular flexibility index (Phi) is 2.18. The first-order valence-corrected chi connectivity index (χ1v) is 4.10. The van der Waals surface area contributed by atoms with Crippen LogP contribution in [0.1, 0.15) is 5.56 Å². The molecule has 78 valence electrons. The van der Waals surface area contributed by atoms with Crippen LogP contribution in [0.15, 0.2) is 30.7 Å². The van der Waals surface area contributed by atoms with Crippen LogP contribution in [0.5, 0.6) is 0 Å². The van der Waals surface area contributed by atoms with Crippen molar-refractivity contribution < 1.29 is 13.2 Å². The molecule has 0 aliphatic rings. The Morgan fingerprint density at radius 1 is 1.27 bits per heavy atom. The fourth-order valence-corrected chi connectivity index (χ4v) is 1.24. The van der Waals surface area contributed by atoms with Crippen molar-refractivity contribution in [2.24, 2.45) is 0 Å². The van der Waals surface area contributed by atoms with Gasteiger partial charge in [0.15, 0.2) is 0 Å². The van der Waals surface area contributed by atoms with Crippen molar-refractivity contribution in [2.75, 3.05) is 0 Å². The molecule has 0 unspecified atom stereocenters. The Hall–Kier alpha value is -1.85. The lowest BCUT2D eigenvalue weighted by Crippen LogP contribution is -2.07. The van der Waals surface area contributed by atoms with Crippen LogP contribution in [-0.2, 0) is 6.18 Å². The fourth-order valence-electron chi connectivity index (χ4n) is 1.24. The van der Waals surface area contributed by atoms with Gasteiger partial charge in [-0.05, 0) is 12.1 Å². The number of H-pyrrole nitrogens is 1. The molecule has 0 bridgehead atoms. The molecule has 0 aliphatic heterocycles. The molecular formula is C9H6F3N3. The molecule has 2 aromatic heterocycles. The molecule has 1 N–H and O–H groups in total. The minimum absolute atomic E-state index is 0.112. The number of hydrogen-bond donors (Lipinski definition) is 1. The van der Waals surface area contributed by atoms with Gasteiger partial charge in [-0.15, -0.1) is 0 Å². The van der Waals surface area contributed by atoms with Gasteiger partial charge in [-0.1, -0.05) is 0 Å². The number of nitrogens with one attached hydrogen (secondary N) is 1. The molecule has 15 heavy (non-hydrogen) atoms. The van der Waals surface area contributed by atoms with E-state index in [1.54, 1.807) is 0 Å². The van der Waals surface area contributed by atoms with E-state index < -0.39 is 11.7 Å². The monoisotopic (exact) mass is 213 g/mol. The topological polar surface area (TPSA) is 41.6 Å². The number of aromatic nitrogens is 3. The minimum Gasteiger partial charge on any atom is -0.285 e. The van der Waals surface area contributed by atoms with Gasteiger partial charge in [0.1, 0.15) is 0 Å². The number of nitrogens with zero attached hydrogens (tertiary/aromatic N) is 2. The number of alkyl halides is 3. The highest BCUT2D eigenvalue weighted by molar-refractivity contribution is 5.61. The third-order valence-electron chi connectivity index (χ3n) is 1.88. The molecule has 0 saturated heterocycles. The second-order valence-electron chi connectivity index (χ2n) is 2.88. The molecule has 0 aromatic carbocycles. The van der Waals surface area contributed by atoms with Crippen LogP contribution >= 0.6 is 0 Å². The van der Waals surface area contributed by atoms with Crippen molar-refractivity contribution in [3.63, 3.8) is 0 Å². The largest absolute Gasteiger partial charge is 0.418 e. The maximum absolute atomic E-state index is 12.6. The molecule has 2 heterocycles. The van der Waals surface area contributed by atoms with Crippen molar-refractivity contribution in [3.05, 3.63) is 36.3 Å². The van der Waals surface area contributed by atoms with Gasteiger partial charge in [0.05, 0.1) is 17.5 Å². The van der Waals surface area contributed by atoms with E-state index in [4.69, 9.17) is 0 Å². The lowest BCUT2D eigenvalue weighted by atomic mass is 10.1. The van der Waals surface area contributed by atoms with Crippen LogP contribution in [-0.4, -0.2) is 15.2 Å². The molecule has 0 atom stereocenters. The summed E-state index contributed by atoms with van der Waals surface area (Å²) < 4.78 is 37.7. The Morgan fingerprint density at radius 2 is 2.07 bits per heavy atom. The van der Waals surface area contributed by atoms with Gasteiger partial charge >= 0.3 is 6.18 Å². The van der Waals surface area contributed by atoms with Crippen molar-refractivity contribution in [1.82, 2.24) is 15.2 Å². The predicted octanol–water partition coefficient (Wildman–Crippen LogP) is 2.49. The zero-order chi connectivity index (χ0) is 10.9. The van der Waals surface area contributed by atoms with E-state index in [0.29, 0.717) is 5.56 Å².